The maximum atomic E-state index is 13.0. The molecule has 4 rings (SSSR count). The number of nitriles is 1. The van der Waals surface area contributed by atoms with Gasteiger partial charge >= 0.3 is 0 Å². The van der Waals surface area contributed by atoms with Crippen molar-refractivity contribution in [2.75, 3.05) is 24.7 Å². The number of para-hydroxylation sites is 1. The van der Waals surface area contributed by atoms with Crippen LogP contribution < -0.4 is 16.0 Å². The first-order valence-electron chi connectivity index (χ1n) is 10.6. The summed E-state index contributed by atoms with van der Waals surface area (Å²) in [5.41, 5.74) is 8.68. The first kappa shape index (κ1) is 21.0. The van der Waals surface area contributed by atoms with Crippen molar-refractivity contribution in [2.24, 2.45) is 5.73 Å². The first-order chi connectivity index (χ1) is 15.0. The molecule has 2 amide bonds. The molecule has 0 aliphatic carbocycles. The second-order valence-electron chi connectivity index (χ2n) is 8.16. The number of anilines is 1. The predicted molar refractivity (Wildman–Crippen MR) is 116 cm³/mol. The van der Waals surface area contributed by atoms with Gasteiger partial charge in [0.05, 0.1) is 11.6 Å². The molecule has 2 aromatic carbocycles. The minimum atomic E-state index is -0.990. The van der Waals surface area contributed by atoms with Crippen LogP contribution in [0.15, 0.2) is 48.5 Å². The zero-order chi connectivity index (χ0) is 21.8. The fourth-order valence-electron chi connectivity index (χ4n) is 4.15. The van der Waals surface area contributed by atoms with Gasteiger partial charge in [-0.2, -0.15) is 5.26 Å². The van der Waals surface area contributed by atoms with Crippen molar-refractivity contribution in [3.05, 3.63) is 65.2 Å². The van der Waals surface area contributed by atoms with E-state index < -0.39 is 11.6 Å². The van der Waals surface area contributed by atoms with Crippen LogP contribution in [0.3, 0.4) is 0 Å². The van der Waals surface area contributed by atoms with E-state index in [0.717, 1.165) is 23.2 Å². The van der Waals surface area contributed by atoms with Gasteiger partial charge in [0.25, 0.3) is 5.91 Å². The van der Waals surface area contributed by atoms with Gasteiger partial charge in [-0.3, -0.25) is 9.59 Å². The lowest BCUT2D eigenvalue weighted by atomic mass is 9.89. The van der Waals surface area contributed by atoms with Crippen LogP contribution in [-0.2, 0) is 22.4 Å². The second-order valence-corrected chi connectivity index (χ2v) is 8.16. The summed E-state index contributed by atoms with van der Waals surface area (Å²) in [7, 11) is 0. The highest BCUT2D eigenvalue weighted by Crippen LogP contribution is 2.26. The van der Waals surface area contributed by atoms with Crippen molar-refractivity contribution in [3.8, 4) is 6.07 Å². The zero-order valence-corrected chi connectivity index (χ0v) is 17.3. The number of hydrogen-bond acceptors (Lipinski definition) is 5. The average molecular weight is 418 g/mol. The Morgan fingerprint density at radius 3 is 2.68 bits per heavy atom. The van der Waals surface area contributed by atoms with Crippen molar-refractivity contribution in [3.63, 3.8) is 0 Å². The van der Waals surface area contributed by atoms with Crippen LogP contribution in [0, 0.1) is 11.3 Å². The molecule has 7 heteroatoms. The van der Waals surface area contributed by atoms with Crippen molar-refractivity contribution in [1.29, 1.82) is 5.26 Å². The fourth-order valence-corrected chi connectivity index (χ4v) is 4.15. The third-order valence-corrected chi connectivity index (χ3v) is 6.06. The molecule has 2 aliphatic rings. The molecule has 0 unspecified atom stereocenters. The van der Waals surface area contributed by atoms with Crippen molar-refractivity contribution in [1.82, 2.24) is 5.32 Å². The summed E-state index contributed by atoms with van der Waals surface area (Å²) in [6.45, 7) is 1.50. The lowest BCUT2D eigenvalue weighted by Crippen LogP contribution is -2.58. The van der Waals surface area contributed by atoms with Crippen LogP contribution in [0.25, 0.3) is 0 Å². The Labute approximate surface area is 181 Å². The van der Waals surface area contributed by atoms with Crippen molar-refractivity contribution in [2.45, 2.75) is 37.3 Å². The van der Waals surface area contributed by atoms with E-state index >= 15 is 0 Å². The predicted octanol–water partition coefficient (Wildman–Crippen LogP) is 1.95. The summed E-state index contributed by atoms with van der Waals surface area (Å²) in [4.78, 5) is 27.4. The lowest BCUT2D eigenvalue weighted by molar-refractivity contribution is -0.130. The number of nitrogens with one attached hydrogen (secondary N) is 1. The maximum Gasteiger partial charge on any atom is 0.258 e. The number of nitrogens with zero attached hydrogens (tertiary/aromatic N) is 2. The molecule has 2 heterocycles. The van der Waals surface area contributed by atoms with E-state index in [1.54, 1.807) is 4.90 Å². The quantitative estimate of drug-likeness (QED) is 0.772. The van der Waals surface area contributed by atoms with E-state index in [9.17, 15) is 14.9 Å². The first-order valence-corrected chi connectivity index (χ1v) is 10.6. The fraction of sp³-hybridized carbons (Fsp3) is 0.375. The highest BCUT2D eigenvalue weighted by atomic mass is 16.5. The summed E-state index contributed by atoms with van der Waals surface area (Å²) < 4.78 is 5.28. The molecule has 1 saturated heterocycles. The maximum absolute atomic E-state index is 13.0. The molecule has 2 aliphatic heterocycles. The Morgan fingerprint density at radius 2 is 1.97 bits per heavy atom. The molecule has 0 spiro atoms. The zero-order valence-electron chi connectivity index (χ0n) is 17.3. The third-order valence-electron chi connectivity index (χ3n) is 6.06. The van der Waals surface area contributed by atoms with E-state index in [4.69, 9.17) is 10.5 Å². The molecular weight excluding hydrogens is 392 g/mol. The standard InChI is InChI=1S/C24H26N4O3/c25-16-19(27-23(30)24(26)9-12-31-13-10-24)15-17-6-7-21-18(14-17)8-11-28(22(21)29)20-4-2-1-3-5-20/h1-7,14,19H,8-13,15,26H2,(H,27,30)/t19-/m0/s1. The summed E-state index contributed by atoms with van der Waals surface area (Å²) in [5, 5.41) is 12.4. The van der Waals surface area contributed by atoms with Gasteiger partial charge in [0, 0.05) is 37.4 Å². The summed E-state index contributed by atoms with van der Waals surface area (Å²) >= 11 is 0. The number of rotatable bonds is 5. The van der Waals surface area contributed by atoms with Gasteiger partial charge in [0.1, 0.15) is 6.04 Å². The van der Waals surface area contributed by atoms with E-state index in [1.807, 2.05) is 48.5 Å². The van der Waals surface area contributed by atoms with Gasteiger partial charge in [0.15, 0.2) is 0 Å². The molecule has 1 fully saturated rings. The number of carbonyl (C=O) groups excluding carboxylic acids is 2. The van der Waals surface area contributed by atoms with Crippen LogP contribution in [-0.4, -0.2) is 43.2 Å². The number of benzene rings is 2. The molecule has 0 aromatic heterocycles. The molecule has 0 saturated carbocycles. The number of fused-ring (bicyclic) bond motifs is 1. The normalized spacial score (nSPS) is 18.6. The molecule has 2 aromatic rings. The van der Waals surface area contributed by atoms with E-state index in [2.05, 4.69) is 11.4 Å². The Bertz CT molecular complexity index is 1010. The Morgan fingerprint density at radius 1 is 1.23 bits per heavy atom. The summed E-state index contributed by atoms with van der Waals surface area (Å²) in [5.74, 6) is -0.331. The van der Waals surface area contributed by atoms with Crippen LogP contribution >= 0.6 is 0 Å². The average Bonchev–Trinajstić information content (AvgIpc) is 2.80. The molecule has 1 atom stereocenters. The second kappa shape index (κ2) is 8.88. The largest absolute Gasteiger partial charge is 0.381 e. The van der Waals surface area contributed by atoms with Gasteiger partial charge in [-0.15, -0.1) is 0 Å². The van der Waals surface area contributed by atoms with Gasteiger partial charge in [-0.1, -0.05) is 30.3 Å². The Balaban J connectivity index is 1.45. The minimum absolute atomic E-state index is 0.0197. The summed E-state index contributed by atoms with van der Waals surface area (Å²) in [6.07, 6.45) is 1.98. The number of ether oxygens (including phenoxy) is 1. The molecule has 7 nitrogen and oxygen atoms in total. The highest BCUT2D eigenvalue weighted by Gasteiger charge is 2.37. The van der Waals surface area contributed by atoms with Crippen LogP contribution in [0.4, 0.5) is 5.69 Å². The van der Waals surface area contributed by atoms with Crippen molar-refractivity contribution < 1.29 is 14.3 Å². The van der Waals surface area contributed by atoms with Gasteiger partial charge in [0.2, 0.25) is 5.91 Å². The van der Waals surface area contributed by atoms with Crippen LogP contribution in [0.5, 0.6) is 0 Å². The van der Waals surface area contributed by atoms with Crippen molar-refractivity contribution >= 4 is 17.5 Å². The van der Waals surface area contributed by atoms with Gasteiger partial charge in [-0.05, 0) is 48.6 Å². The Kier molecular flexibility index (Phi) is 6.03. The number of nitrogens with two attached hydrogens (primary N) is 1. The van der Waals surface area contributed by atoms with Gasteiger partial charge < -0.3 is 20.7 Å². The molecule has 3 N–H and O–H groups in total. The third kappa shape index (κ3) is 4.46. The SMILES string of the molecule is N#C[C@H](Cc1ccc2c(c1)CCN(c1ccccc1)C2=O)NC(=O)C1(N)CCOCC1. The summed E-state index contributed by atoms with van der Waals surface area (Å²) in [6, 6.07) is 16.8. The van der Waals surface area contributed by atoms with E-state index in [-0.39, 0.29) is 11.8 Å². The van der Waals surface area contributed by atoms with Crippen LogP contribution in [0.2, 0.25) is 0 Å². The number of hydrogen-bond donors (Lipinski definition) is 2. The molecule has 31 heavy (non-hydrogen) atoms. The number of amides is 2. The minimum Gasteiger partial charge on any atom is -0.381 e. The van der Waals surface area contributed by atoms with E-state index in [0.29, 0.717) is 44.6 Å². The topological polar surface area (TPSA) is 108 Å². The van der Waals surface area contributed by atoms with Crippen LogP contribution in [0.1, 0.15) is 34.3 Å². The molecule has 160 valence electrons. The molecule has 0 bridgehead atoms. The number of carbonyl (C=O) groups is 2. The molecule has 0 radical (unpaired) electrons. The van der Waals surface area contributed by atoms with E-state index in [1.165, 1.54) is 0 Å². The lowest BCUT2D eigenvalue weighted by Gasteiger charge is -2.32. The Hall–Kier alpha value is -3.21. The highest BCUT2D eigenvalue weighted by molar-refractivity contribution is 6.08. The van der Waals surface area contributed by atoms with Gasteiger partial charge in [-0.25, -0.2) is 0 Å². The monoisotopic (exact) mass is 418 g/mol. The smallest absolute Gasteiger partial charge is 0.258 e. The molecular formula is C24H26N4O3.